The molecule has 0 saturated carbocycles. The summed E-state index contributed by atoms with van der Waals surface area (Å²) in [5, 5.41) is 11.1. The van der Waals surface area contributed by atoms with Gasteiger partial charge in [-0.05, 0) is 39.7 Å². The van der Waals surface area contributed by atoms with E-state index >= 15 is 0 Å². The maximum atomic E-state index is 12.4. The number of carbonyl (C=O) groups excluding carboxylic acids is 1. The van der Waals surface area contributed by atoms with E-state index in [0.29, 0.717) is 22.6 Å². The zero-order chi connectivity index (χ0) is 15.4. The molecule has 0 bridgehead atoms. The predicted octanol–water partition coefficient (Wildman–Crippen LogP) is 4.02. The van der Waals surface area contributed by atoms with E-state index in [9.17, 15) is 10.1 Å². The lowest BCUT2D eigenvalue weighted by Crippen LogP contribution is -2.10. The van der Waals surface area contributed by atoms with Crippen LogP contribution < -0.4 is 9.47 Å². The molecule has 1 heterocycles. The molecule has 1 atom stereocenters. The molecular formula is C15H12BrNO3S. The summed E-state index contributed by atoms with van der Waals surface area (Å²) in [7, 11) is 3.05. The molecule has 2 rings (SSSR count). The number of halogens is 1. The molecule has 0 saturated heterocycles. The Morgan fingerprint density at radius 2 is 2.00 bits per heavy atom. The molecule has 21 heavy (non-hydrogen) atoms. The number of nitrogens with zero attached hydrogens (tertiary/aromatic N) is 1. The van der Waals surface area contributed by atoms with E-state index in [0.717, 1.165) is 3.79 Å². The van der Waals surface area contributed by atoms with Gasteiger partial charge < -0.3 is 9.47 Å². The van der Waals surface area contributed by atoms with Gasteiger partial charge in [-0.25, -0.2) is 0 Å². The highest BCUT2D eigenvalue weighted by atomic mass is 79.9. The van der Waals surface area contributed by atoms with Crippen LogP contribution in [0.1, 0.15) is 21.8 Å². The topological polar surface area (TPSA) is 59.3 Å². The summed E-state index contributed by atoms with van der Waals surface area (Å²) in [5.74, 6) is -0.0452. The summed E-state index contributed by atoms with van der Waals surface area (Å²) in [6, 6.07) is 8.83. The van der Waals surface area contributed by atoms with Crippen molar-refractivity contribution in [2.24, 2.45) is 0 Å². The third-order valence-corrected chi connectivity index (χ3v) is 4.49. The van der Waals surface area contributed by atoms with Gasteiger partial charge in [0.15, 0.2) is 17.3 Å². The Balaban J connectivity index is 2.38. The third-order valence-electron chi connectivity index (χ3n) is 2.98. The van der Waals surface area contributed by atoms with Crippen molar-refractivity contribution in [2.45, 2.75) is 5.92 Å². The molecule has 6 heteroatoms. The first-order valence-corrected chi connectivity index (χ1v) is 7.67. The maximum absolute atomic E-state index is 12.4. The molecule has 0 fully saturated rings. The fourth-order valence-corrected chi connectivity index (χ4v) is 3.07. The minimum absolute atomic E-state index is 0.230. The van der Waals surface area contributed by atoms with E-state index in [1.807, 2.05) is 0 Å². The average Bonchev–Trinajstić information content (AvgIpc) is 2.94. The summed E-state index contributed by atoms with van der Waals surface area (Å²) >= 11 is 4.73. The number of benzene rings is 1. The summed E-state index contributed by atoms with van der Waals surface area (Å²) < 4.78 is 11.2. The van der Waals surface area contributed by atoms with Gasteiger partial charge in [-0.2, -0.15) is 5.26 Å². The second-order valence-electron chi connectivity index (χ2n) is 4.18. The lowest BCUT2D eigenvalue weighted by Gasteiger charge is -2.12. The van der Waals surface area contributed by atoms with Crippen LogP contribution in [0.15, 0.2) is 33.4 Å². The molecule has 0 N–H and O–H groups in total. The Bertz CT molecular complexity index is 705. The van der Waals surface area contributed by atoms with Gasteiger partial charge in [-0.15, -0.1) is 11.3 Å². The summed E-state index contributed by atoms with van der Waals surface area (Å²) in [6.45, 7) is 0. The molecule has 1 unspecified atom stereocenters. The highest BCUT2D eigenvalue weighted by Crippen LogP contribution is 2.32. The van der Waals surface area contributed by atoms with Crippen molar-refractivity contribution in [3.05, 3.63) is 44.6 Å². The number of hydrogen-bond acceptors (Lipinski definition) is 5. The van der Waals surface area contributed by atoms with Crippen molar-refractivity contribution in [3.8, 4) is 17.6 Å². The second-order valence-corrected chi connectivity index (χ2v) is 6.47. The van der Waals surface area contributed by atoms with Crippen molar-refractivity contribution < 1.29 is 14.3 Å². The Hall–Kier alpha value is -1.84. The number of Topliss-reactive ketones (excluding diaryl/α,β-unsaturated/α-hetero) is 1. The smallest absolute Gasteiger partial charge is 0.185 e. The fraction of sp³-hybridized carbons (Fsp3) is 0.200. The second kappa shape index (κ2) is 6.74. The van der Waals surface area contributed by atoms with Crippen LogP contribution in [0, 0.1) is 11.3 Å². The number of rotatable bonds is 5. The molecule has 4 nitrogen and oxygen atoms in total. The molecule has 1 aromatic carbocycles. The zero-order valence-electron chi connectivity index (χ0n) is 11.4. The molecule has 2 aromatic rings. The molecule has 0 aliphatic heterocycles. The van der Waals surface area contributed by atoms with Crippen LogP contribution in [0.25, 0.3) is 0 Å². The number of ketones is 1. The molecule has 0 spiro atoms. The van der Waals surface area contributed by atoms with Crippen LogP contribution in [0.3, 0.4) is 0 Å². The van der Waals surface area contributed by atoms with Gasteiger partial charge >= 0.3 is 0 Å². The highest BCUT2D eigenvalue weighted by molar-refractivity contribution is 9.11. The lowest BCUT2D eigenvalue weighted by molar-refractivity contribution is 0.0979. The molecule has 108 valence electrons. The van der Waals surface area contributed by atoms with Crippen LogP contribution >= 0.6 is 27.3 Å². The van der Waals surface area contributed by atoms with Gasteiger partial charge in [0.25, 0.3) is 0 Å². The minimum atomic E-state index is -0.869. The molecular weight excluding hydrogens is 354 g/mol. The van der Waals surface area contributed by atoms with E-state index in [2.05, 4.69) is 22.0 Å². The van der Waals surface area contributed by atoms with Gasteiger partial charge in [0.2, 0.25) is 0 Å². The van der Waals surface area contributed by atoms with E-state index in [4.69, 9.17) is 9.47 Å². The first-order valence-electron chi connectivity index (χ1n) is 6.00. The summed E-state index contributed by atoms with van der Waals surface area (Å²) in [4.78, 5) is 12.4. The van der Waals surface area contributed by atoms with E-state index in [-0.39, 0.29) is 5.78 Å². The van der Waals surface area contributed by atoms with Gasteiger partial charge in [-0.3, -0.25) is 4.79 Å². The first kappa shape index (κ1) is 15.5. The number of ether oxygens (including phenoxy) is 2. The number of nitriles is 1. The van der Waals surface area contributed by atoms with Crippen molar-refractivity contribution in [3.63, 3.8) is 0 Å². The monoisotopic (exact) mass is 365 g/mol. The molecule has 0 amide bonds. The number of methoxy groups -OCH3 is 2. The molecule has 1 aromatic heterocycles. The Morgan fingerprint density at radius 1 is 1.29 bits per heavy atom. The van der Waals surface area contributed by atoms with Crippen molar-refractivity contribution in [2.75, 3.05) is 14.2 Å². The highest BCUT2D eigenvalue weighted by Gasteiger charge is 2.24. The van der Waals surface area contributed by atoms with Crippen molar-refractivity contribution >= 4 is 33.0 Å². The number of thiophene rings is 1. The summed E-state index contributed by atoms with van der Waals surface area (Å²) in [6.07, 6.45) is 0. The van der Waals surface area contributed by atoms with Crippen LogP contribution in [-0.4, -0.2) is 20.0 Å². The standard InChI is InChI=1S/C15H12BrNO3S/c1-19-12-4-3-9(5-13(12)20-2)11(7-17)15(18)10-6-14(16)21-8-10/h3-6,8,11H,1-2H3. The maximum Gasteiger partial charge on any atom is 0.185 e. The Kier molecular flexibility index (Phi) is 4.99. The largest absolute Gasteiger partial charge is 0.493 e. The molecule has 0 aliphatic rings. The Morgan fingerprint density at radius 3 is 2.52 bits per heavy atom. The van der Waals surface area contributed by atoms with Gasteiger partial charge in [0, 0.05) is 10.9 Å². The van der Waals surface area contributed by atoms with Crippen molar-refractivity contribution in [1.82, 2.24) is 0 Å². The van der Waals surface area contributed by atoms with Crippen LogP contribution in [0.2, 0.25) is 0 Å². The van der Waals surface area contributed by atoms with Gasteiger partial charge in [0.05, 0.1) is 24.1 Å². The van der Waals surface area contributed by atoms with Gasteiger partial charge in [-0.1, -0.05) is 6.07 Å². The van der Waals surface area contributed by atoms with Crippen molar-refractivity contribution in [1.29, 1.82) is 5.26 Å². The van der Waals surface area contributed by atoms with Gasteiger partial charge in [0.1, 0.15) is 5.92 Å². The van der Waals surface area contributed by atoms with E-state index in [1.165, 1.54) is 25.6 Å². The number of carbonyl (C=O) groups is 1. The normalized spacial score (nSPS) is 11.5. The summed E-state index contributed by atoms with van der Waals surface area (Å²) in [5.41, 5.74) is 1.11. The fourth-order valence-electron chi connectivity index (χ4n) is 1.92. The van der Waals surface area contributed by atoms with Crippen LogP contribution in [0.5, 0.6) is 11.5 Å². The predicted molar refractivity (Wildman–Crippen MR) is 84.2 cm³/mol. The van der Waals surface area contributed by atoms with E-state index in [1.54, 1.807) is 29.6 Å². The minimum Gasteiger partial charge on any atom is -0.493 e. The average molecular weight is 366 g/mol. The van der Waals surface area contributed by atoms with E-state index < -0.39 is 5.92 Å². The molecule has 0 radical (unpaired) electrons. The lowest BCUT2D eigenvalue weighted by atomic mass is 9.93. The number of hydrogen-bond donors (Lipinski definition) is 0. The van der Waals surface area contributed by atoms with Crippen LogP contribution in [0.4, 0.5) is 0 Å². The third kappa shape index (κ3) is 3.26. The van der Waals surface area contributed by atoms with Crippen LogP contribution in [-0.2, 0) is 0 Å². The Labute approximate surface area is 135 Å². The first-order chi connectivity index (χ1) is 10.1. The quantitative estimate of drug-likeness (QED) is 0.750. The SMILES string of the molecule is COc1ccc(C(C#N)C(=O)c2csc(Br)c2)cc1OC. The molecule has 0 aliphatic carbocycles. The zero-order valence-corrected chi connectivity index (χ0v) is 13.8.